The minimum Gasteiger partial charge on any atom is -0.465 e. The number of ether oxygens (including phenoxy) is 2. The summed E-state index contributed by atoms with van der Waals surface area (Å²) in [6.45, 7) is 4.24. The van der Waals surface area contributed by atoms with Crippen molar-refractivity contribution in [2.75, 3.05) is 37.8 Å². The first kappa shape index (κ1) is 21.1. The van der Waals surface area contributed by atoms with Gasteiger partial charge >= 0.3 is 5.97 Å². The fourth-order valence-electron chi connectivity index (χ4n) is 2.88. The van der Waals surface area contributed by atoms with E-state index in [-0.39, 0.29) is 54.5 Å². The molecule has 0 aromatic heterocycles. The van der Waals surface area contributed by atoms with E-state index in [4.69, 9.17) is 4.74 Å². The lowest BCUT2D eigenvalue weighted by Crippen LogP contribution is -2.49. The summed E-state index contributed by atoms with van der Waals surface area (Å²) in [6, 6.07) is 3.68. The number of benzene rings is 1. The lowest BCUT2D eigenvalue weighted by Gasteiger charge is -2.34. The van der Waals surface area contributed by atoms with Crippen molar-refractivity contribution in [2.24, 2.45) is 0 Å². The largest absolute Gasteiger partial charge is 0.465 e. The highest BCUT2D eigenvalue weighted by Gasteiger charge is 2.30. The maximum absolute atomic E-state index is 12.5. The number of nitro groups is 1. The van der Waals surface area contributed by atoms with Crippen molar-refractivity contribution in [2.45, 2.75) is 26.1 Å². The van der Waals surface area contributed by atoms with Gasteiger partial charge in [-0.3, -0.25) is 10.1 Å². The van der Waals surface area contributed by atoms with E-state index in [1.54, 1.807) is 0 Å². The number of non-ortho nitro benzene ring substituents is 1. The van der Waals surface area contributed by atoms with E-state index in [0.717, 1.165) is 13.2 Å². The summed E-state index contributed by atoms with van der Waals surface area (Å²) in [4.78, 5) is 22.1. The Balaban J connectivity index is 2.07. The fraction of sp³-hybridized carbons (Fsp3) is 0.562. The van der Waals surface area contributed by atoms with Crippen LogP contribution in [-0.2, 0) is 19.5 Å². The molecule has 0 bridgehead atoms. The van der Waals surface area contributed by atoms with Crippen LogP contribution < -0.4 is 5.32 Å². The molecule has 0 unspecified atom stereocenters. The van der Waals surface area contributed by atoms with E-state index in [0.29, 0.717) is 0 Å². The molecule has 1 aromatic carbocycles. The quantitative estimate of drug-likeness (QED) is 0.410. The Morgan fingerprint density at radius 3 is 2.56 bits per heavy atom. The van der Waals surface area contributed by atoms with Crippen LogP contribution in [0.5, 0.6) is 0 Å². The number of esters is 1. The summed E-state index contributed by atoms with van der Waals surface area (Å²) in [7, 11) is -2.35. The van der Waals surface area contributed by atoms with Crippen LogP contribution in [0.3, 0.4) is 0 Å². The molecule has 0 saturated carbocycles. The number of sulfonamides is 1. The van der Waals surface area contributed by atoms with E-state index < -0.39 is 20.9 Å². The van der Waals surface area contributed by atoms with Crippen LogP contribution in [0.1, 0.15) is 24.2 Å². The van der Waals surface area contributed by atoms with Gasteiger partial charge in [-0.25, -0.2) is 13.2 Å². The van der Waals surface area contributed by atoms with E-state index in [9.17, 15) is 23.3 Å². The highest BCUT2D eigenvalue weighted by molar-refractivity contribution is 7.89. The number of rotatable bonds is 7. The molecule has 0 amide bonds. The second kappa shape index (κ2) is 8.63. The van der Waals surface area contributed by atoms with E-state index in [1.807, 2.05) is 13.8 Å². The van der Waals surface area contributed by atoms with Crippen LogP contribution in [0.4, 0.5) is 11.4 Å². The molecule has 1 heterocycles. The molecule has 2 atom stereocenters. The Morgan fingerprint density at radius 2 is 2.00 bits per heavy atom. The van der Waals surface area contributed by atoms with E-state index in [1.165, 1.54) is 16.4 Å². The van der Waals surface area contributed by atoms with Crippen molar-refractivity contribution in [1.82, 2.24) is 4.31 Å². The number of nitrogens with one attached hydrogen (secondary N) is 1. The van der Waals surface area contributed by atoms with E-state index in [2.05, 4.69) is 10.1 Å². The predicted molar refractivity (Wildman–Crippen MR) is 98.3 cm³/mol. The van der Waals surface area contributed by atoms with Gasteiger partial charge in [0.05, 0.1) is 35.6 Å². The first-order valence-corrected chi connectivity index (χ1v) is 9.99. The number of nitro benzene ring substituents is 1. The Labute approximate surface area is 157 Å². The van der Waals surface area contributed by atoms with Crippen molar-refractivity contribution in [3.05, 3.63) is 33.9 Å². The van der Waals surface area contributed by atoms with Crippen molar-refractivity contribution < 1.29 is 27.6 Å². The predicted octanol–water partition coefficient (Wildman–Crippen LogP) is 1.23. The fourth-order valence-corrected chi connectivity index (χ4v) is 4.37. The number of morpholine rings is 1. The van der Waals surface area contributed by atoms with Crippen molar-refractivity contribution in [3.8, 4) is 0 Å². The van der Waals surface area contributed by atoms with Gasteiger partial charge in [-0.15, -0.1) is 0 Å². The smallest absolute Gasteiger partial charge is 0.340 e. The van der Waals surface area contributed by atoms with Gasteiger partial charge < -0.3 is 14.8 Å². The summed E-state index contributed by atoms with van der Waals surface area (Å²) in [5.41, 5.74) is -0.0195. The van der Waals surface area contributed by atoms with Crippen LogP contribution >= 0.6 is 0 Å². The Kier molecular flexibility index (Phi) is 6.73. The molecule has 27 heavy (non-hydrogen) atoms. The highest BCUT2D eigenvalue weighted by atomic mass is 32.2. The zero-order valence-corrected chi connectivity index (χ0v) is 16.2. The summed E-state index contributed by atoms with van der Waals surface area (Å²) in [5, 5.41) is 13.7. The molecule has 0 aliphatic carbocycles. The third-order valence-corrected chi connectivity index (χ3v) is 5.88. The van der Waals surface area contributed by atoms with Crippen LogP contribution in [0.2, 0.25) is 0 Å². The first-order chi connectivity index (χ1) is 12.6. The number of anilines is 1. The molecule has 1 aliphatic heterocycles. The molecular formula is C16H23N3O7S. The molecule has 0 radical (unpaired) electrons. The van der Waals surface area contributed by atoms with Crippen molar-refractivity contribution in [1.29, 1.82) is 0 Å². The van der Waals surface area contributed by atoms with Gasteiger partial charge in [0.2, 0.25) is 10.0 Å². The molecule has 1 saturated heterocycles. The number of nitrogens with zero attached hydrogens (tertiary/aromatic N) is 2. The minimum absolute atomic E-state index is 0.0299. The number of methoxy groups -OCH3 is 1. The lowest BCUT2D eigenvalue weighted by atomic mass is 10.1. The average Bonchev–Trinajstić information content (AvgIpc) is 2.60. The minimum atomic E-state index is -3.51. The van der Waals surface area contributed by atoms with Crippen LogP contribution in [-0.4, -0.2) is 68.3 Å². The zero-order chi connectivity index (χ0) is 20.2. The summed E-state index contributed by atoms with van der Waals surface area (Å²) in [6.07, 6.45) is -0.367. The molecule has 2 rings (SSSR count). The third-order valence-electron chi connectivity index (χ3n) is 4.07. The van der Waals surface area contributed by atoms with Crippen LogP contribution in [0.15, 0.2) is 18.2 Å². The lowest BCUT2D eigenvalue weighted by molar-refractivity contribution is -0.384. The Morgan fingerprint density at radius 1 is 1.37 bits per heavy atom. The standard InChI is InChI=1S/C16H23N3O7S/c1-11-9-18(10-12(2)26-11)27(23,24)7-6-17-15-5-4-13(19(21)22)8-14(15)16(20)25-3/h4-5,8,11-12,17H,6-7,9-10H2,1-3H3/t11-,12-/m1/s1. The maximum atomic E-state index is 12.5. The van der Waals surface area contributed by atoms with Gasteiger partial charge in [-0.1, -0.05) is 0 Å². The topological polar surface area (TPSA) is 128 Å². The molecule has 11 heteroatoms. The first-order valence-electron chi connectivity index (χ1n) is 8.38. The molecule has 1 N–H and O–H groups in total. The Hall–Kier alpha value is -2.24. The molecule has 150 valence electrons. The third kappa shape index (κ3) is 5.37. The monoisotopic (exact) mass is 401 g/mol. The van der Waals surface area contributed by atoms with Crippen LogP contribution in [0.25, 0.3) is 0 Å². The highest BCUT2D eigenvalue weighted by Crippen LogP contribution is 2.23. The van der Waals surface area contributed by atoms with Gasteiger partial charge in [0.25, 0.3) is 5.69 Å². The van der Waals surface area contributed by atoms with E-state index >= 15 is 0 Å². The molecule has 1 aromatic rings. The molecular weight excluding hydrogens is 378 g/mol. The Bertz CT molecular complexity index is 802. The van der Waals surface area contributed by atoms with Gasteiger partial charge in [-0.2, -0.15) is 4.31 Å². The number of carbonyl (C=O) groups excluding carboxylic acids is 1. The van der Waals surface area contributed by atoms with Gasteiger partial charge in [0, 0.05) is 37.5 Å². The molecule has 1 aliphatic rings. The summed E-state index contributed by atoms with van der Waals surface area (Å²) in [5.74, 6) is -0.941. The summed E-state index contributed by atoms with van der Waals surface area (Å²) < 4.78 is 36.6. The van der Waals surface area contributed by atoms with Crippen molar-refractivity contribution >= 4 is 27.4 Å². The summed E-state index contributed by atoms with van der Waals surface area (Å²) >= 11 is 0. The number of hydrogen-bond acceptors (Lipinski definition) is 8. The number of carbonyl (C=O) groups is 1. The molecule has 10 nitrogen and oxygen atoms in total. The van der Waals surface area contributed by atoms with Crippen molar-refractivity contribution in [3.63, 3.8) is 0 Å². The average molecular weight is 401 g/mol. The zero-order valence-electron chi connectivity index (χ0n) is 15.4. The second-order valence-corrected chi connectivity index (χ2v) is 8.38. The van der Waals surface area contributed by atoms with Gasteiger partial charge in [-0.05, 0) is 19.9 Å². The second-order valence-electron chi connectivity index (χ2n) is 6.30. The maximum Gasteiger partial charge on any atom is 0.340 e. The van der Waals surface area contributed by atoms with Gasteiger partial charge in [0.1, 0.15) is 0 Å². The normalized spacial score (nSPS) is 20.9. The molecule has 1 fully saturated rings. The molecule has 0 spiro atoms. The SMILES string of the molecule is COC(=O)c1cc([N+](=O)[O-])ccc1NCCS(=O)(=O)N1C[C@@H](C)O[C@H](C)C1. The number of hydrogen-bond donors (Lipinski definition) is 1. The van der Waals surface area contributed by atoms with Gasteiger partial charge in [0.15, 0.2) is 0 Å². The van der Waals surface area contributed by atoms with Crippen LogP contribution in [0, 0.1) is 10.1 Å².